The minimum Gasteiger partial charge on any atom is -0.493 e. The minimum atomic E-state index is -0.246. The van der Waals surface area contributed by atoms with Crippen molar-refractivity contribution in [1.82, 2.24) is 4.90 Å². The van der Waals surface area contributed by atoms with Crippen LogP contribution in [0.3, 0.4) is 0 Å². The number of nitrogen functional groups attached to an aromatic ring is 1. The Morgan fingerprint density at radius 2 is 1.89 bits per heavy atom. The zero-order valence-electron chi connectivity index (χ0n) is 16.0. The number of hydrogen-bond acceptors (Lipinski definition) is 6. The summed E-state index contributed by atoms with van der Waals surface area (Å²) in [6.07, 6.45) is 0.262. The first kappa shape index (κ1) is 19.0. The van der Waals surface area contributed by atoms with Gasteiger partial charge in [0.15, 0.2) is 11.5 Å². The molecule has 0 amide bonds. The molecule has 0 saturated heterocycles. The van der Waals surface area contributed by atoms with Crippen LogP contribution in [0.5, 0.6) is 11.5 Å². The Bertz CT molecular complexity index is 822. The average molecular weight is 370 g/mol. The van der Waals surface area contributed by atoms with Crippen LogP contribution in [0, 0.1) is 0 Å². The lowest BCUT2D eigenvalue weighted by atomic mass is 10.0. The number of nitrogens with two attached hydrogens (primary N) is 1. The van der Waals surface area contributed by atoms with Gasteiger partial charge in [-0.1, -0.05) is 12.1 Å². The van der Waals surface area contributed by atoms with E-state index < -0.39 is 0 Å². The first-order valence-corrected chi connectivity index (χ1v) is 9.04. The van der Waals surface area contributed by atoms with Crippen LogP contribution in [-0.4, -0.2) is 31.7 Å². The summed E-state index contributed by atoms with van der Waals surface area (Å²) in [4.78, 5) is 14.4. The Balaban J connectivity index is 1.93. The topological polar surface area (TPSA) is 74.0 Å². The number of carbonyl (C=O) groups excluding carboxylic acids is 1. The highest BCUT2D eigenvalue weighted by Crippen LogP contribution is 2.38. The lowest BCUT2D eigenvalue weighted by Gasteiger charge is -2.27. The molecule has 6 nitrogen and oxygen atoms in total. The molecule has 3 rings (SSSR count). The Morgan fingerprint density at radius 3 is 2.59 bits per heavy atom. The molecule has 6 heteroatoms. The number of benzene rings is 2. The Morgan fingerprint density at radius 1 is 1.11 bits per heavy atom. The van der Waals surface area contributed by atoms with Crippen molar-refractivity contribution in [2.45, 2.75) is 32.5 Å². The molecule has 144 valence electrons. The van der Waals surface area contributed by atoms with E-state index >= 15 is 0 Å². The first-order chi connectivity index (χ1) is 13.0. The van der Waals surface area contributed by atoms with Crippen molar-refractivity contribution in [2.24, 2.45) is 0 Å². The van der Waals surface area contributed by atoms with Gasteiger partial charge < -0.3 is 19.9 Å². The zero-order chi connectivity index (χ0) is 19.4. The smallest absolute Gasteiger partial charge is 0.307 e. The van der Waals surface area contributed by atoms with E-state index in [4.69, 9.17) is 19.9 Å². The summed E-state index contributed by atoms with van der Waals surface area (Å²) in [7, 11) is 3.03. The summed E-state index contributed by atoms with van der Waals surface area (Å²) in [6, 6.07) is 11.7. The Hall–Kier alpha value is -2.73. The van der Waals surface area contributed by atoms with Gasteiger partial charge in [0.05, 0.1) is 27.2 Å². The summed E-state index contributed by atoms with van der Waals surface area (Å²) in [5, 5.41) is 0. The third kappa shape index (κ3) is 4.17. The molecule has 2 N–H and O–H groups in total. The summed E-state index contributed by atoms with van der Waals surface area (Å²) in [6.45, 7) is 3.96. The largest absolute Gasteiger partial charge is 0.493 e. The van der Waals surface area contributed by atoms with E-state index in [0.717, 1.165) is 24.3 Å². The lowest BCUT2D eigenvalue weighted by molar-refractivity contribution is -0.142. The van der Waals surface area contributed by atoms with Crippen molar-refractivity contribution < 1.29 is 19.0 Å². The fraction of sp³-hybridized carbons (Fsp3) is 0.381. The molecule has 0 aromatic heterocycles. The van der Waals surface area contributed by atoms with Gasteiger partial charge in [-0.15, -0.1) is 0 Å². The van der Waals surface area contributed by atoms with Gasteiger partial charge >= 0.3 is 5.97 Å². The van der Waals surface area contributed by atoms with Crippen LogP contribution < -0.4 is 15.2 Å². The first-order valence-electron chi connectivity index (χ1n) is 9.04. The molecular formula is C21H26N2O4. The predicted molar refractivity (Wildman–Crippen MR) is 104 cm³/mol. The van der Waals surface area contributed by atoms with E-state index in [1.807, 2.05) is 37.3 Å². The van der Waals surface area contributed by atoms with E-state index in [1.165, 1.54) is 18.2 Å². The number of fused-ring (bicyclic) bond motifs is 1. The fourth-order valence-corrected chi connectivity index (χ4v) is 3.53. The van der Waals surface area contributed by atoms with Crippen molar-refractivity contribution in [3.8, 4) is 11.5 Å². The fourth-order valence-electron chi connectivity index (χ4n) is 3.53. The van der Waals surface area contributed by atoms with E-state index in [2.05, 4.69) is 11.0 Å². The number of carbonyl (C=O) groups is 1. The quantitative estimate of drug-likeness (QED) is 0.595. The van der Waals surface area contributed by atoms with E-state index in [-0.39, 0.29) is 18.4 Å². The number of anilines is 1. The van der Waals surface area contributed by atoms with Crippen molar-refractivity contribution >= 4 is 11.7 Å². The maximum atomic E-state index is 12.1. The van der Waals surface area contributed by atoms with Gasteiger partial charge in [0.2, 0.25) is 0 Å². The number of methoxy groups -OCH3 is 2. The molecular weight excluding hydrogens is 344 g/mol. The molecule has 1 aliphatic rings. The van der Waals surface area contributed by atoms with Crippen molar-refractivity contribution in [3.05, 3.63) is 53.1 Å². The van der Waals surface area contributed by atoms with Crippen LogP contribution in [0.4, 0.5) is 5.69 Å². The Kier molecular flexibility index (Phi) is 5.86. The van der Waals surface area contributed by atoms with Gasteiger partial charge in [-0.2, -0.15) is 0 Å². The van der Waals surface area contributed by atoms with Crippen LogP contribution in [0.15, 0.2) is 36.4 Å². The second kappa shape index (κ2) is 8.31. The second-order valence-corrected chi connectivity index (χ2v) is 6.57. The monoisotopic (exact) mass is 370 g/mol. The van der Waals surface area contributed by atoms with Crippen LogP contribution >= 0.6 is 0 Å². The third-order valence-corrected chi connectivity index (χ3v) is 4.88. The van der Waals surface area contributed by atoms with Crippen molar-refractivity contribution in [3.63, 3.8) is 0 Å². The molecule has 0 fully saturated rings. The van der Waals surface area contributed by atoms with Crippen LogP contribution in [0.2, 0.25) is 0 Å². The SMILES string of the molecule is CCOc1cc(C(CC(=O)OC)N2Cc3ccc(N)cc3C2)ccc1OC. The van der Waals surface area contributed by atoms with E-state index in [0.29, 0.717) is 18.1 Å². The molecule has 1 heterocycles. The van der Waals surface area contributed by atoms with Gasteiger partial charge in [0, 0.05) is 24.8 Å². The zero-order valence-corrected chi connectivity index (χ0v) is 16.0. The molecule has 27 heavy (non-hydrogen) atoms. The number of nitrogens with zero attached hydrogens (tertiary/aromatic N) is 1. The van der Waals surface area contributed by atoms with Crippen LogP contribution in [0.1, 0.15) is 36.1 Å². The van der Waals surface area contributed by atoms with Gasteiger partial charge in [-0.3, -0.25) is 9.69 Å². The molecule has 0 spiro atoms. The van der Waals surface area contributed by atoms with Crippen LogP contribution in [0.25, 0.3) is 0 Å². The van der Waals surface area contributed by atoms with Gasteiger partial charge in [-0.25, -0.2) is 0 Å². The van der Waals surface area contributed by atoms with Crippen LogP contribution in [-0.2, 0) is 22.6 Å². The molecule has 2 aromatic carbocycles. The number of ether oxygens (including phenoxy) is 3. The number of hydrogen-bond donors (Lipinski definition) is 1. The molecule has 0 radical (unpaired) electrons. The van der Waals surface area contributed by atoms with E-state index in [9.17, 15) is 4.79 Å². The number of esters is 1. The summed E-state index contributed by atoms with van der Waals surface area (Å²) < 4.78 is 16.0. The highest BCUT2D eigenvalue weighted by Gasteiger charge is 2.30. The Labute approximate surface area is 159 Å². The molecule has 1 unspecified atom stereocenters. The maximum Gasteiger partial charge on any atom is 0.307 e. The summed E-state index contributed by atoms with van der Waals surface area (Å²) >= 11 is 0. The number of rotatable bonds is 7. The molecule has 1 atom stereocenters. The molecule has 0 aliphatic carbocycles. The average Bonchev–Trinajstić information content (AvgIpc) is 3.08. The molecule has 1 aliphatic heterocycles. The van der Waals surface area contributed by atoms with Gasteiger partial charge in [0.1, 0.15) is 0 Å². The van der Waals surface area contributed by atoms with E-state index in [1.54, 1.807) is 7.11 Å². The highest BCUT2D eigenvalue weighted by molar-refractivity contribution is 5.70. The second-order valence-electron chi connectivity index (χ2n) is 6.57. The molecule has 0 bridgehead atoms. The van der Waals surface area contributed by atoms with Gasteiger partial charge in [0.25, 0.3) is 0 Å². The third-order valence-electron chi connectivity index (χ3n) is 4.88. The molecule has 2 aromatic rings. The predicted octanol–water partition coefficient (Wildman–Crippen LogP) is 3.30. The van der Waals surface area contributed by atoms with Crippen molar-refractivity contribution in [1.29, 1.82) is 0 Å². The molecule has 0 saturated carbocycles. The maximum absolute atomic E-state index is 12.1. The lowest BCUT2D eigenvalue weighted by Crippen LogP contribution is -2.26. The van der Waals surface area contributed by atoms with Crippen molar-refractivity contribution in [2.75, 3.05) is 26.6 Å². The summed E-state index contributed by atoms with van der Waals surface area (Å²) in [5.74, 6) is 1.10. The standard InChI is InChI=1S/C21H26N2O4/c1-4-27-20-10-14(6-8-19(20)25-2)18(11-21(24)26-3)23-12-15-5-7-17(22)9-16(15)13-23/h5-10,18H,4,11-13,22H2,1-3H3. The summed E-state index contributed by atoms with van der Waals surface area (Å²) in [5.41, 5.74) is 10.1. The normalized spacial score (nSPS) is 14.5. The van der Waals surface area contributed by atoms with Gasteiger partial charge in [-0.05, 0) is 47.9 Å². The minimum absolute atomic E-state index is 0.129. The highest BCUT2D eigenvalue weighted by atomic mass is 16.5.